The molecule has 222 valence electrons. The molecular weight excluding hydrogens is 512 g/mol. The van der Waals surface area contributed by atoms with Gasteiger partial charge in [-0.1, -0.05) is 65.7 Å². The number of amides is 3. The zero-order valence-corrected chi connectivity index (χ0v) is 25.7. The minimum Gasteiger partial charge on any atom is -0.356 e. The fourth-order valence-corrected chi connectivity index (χ4v) is 5.76. The highest BCUT2D eigenvalue weighted by Gasteiger charge is 2.43. The van der Waals surface area contributed by atoms with E-state index >= 15 is 0 Å². The van der Waals surface area contributed by atoms with Gasteiger partial charge in [0.25, 0.3) is 0 Å². The van der Waals surface area contributed by atoms with Gasteiger partial charge in [-0.05, 0) is 71.4 Å². The first-order valence-electron chi connectivity index (χ1n) is 14.7. The van der Waals surface area contributed by atoms with Crippen LogP contribution in [0, 0.1) is 12.3 Å². The lowest BCUT2D eigenvalue weighted by molar-refractivity contribution is -0.146. The first-order valence-corrected chi connectivity index (χ1v) is 14.7. The van der Waals surface area contributed by atoms with Gasteiger partial charge < -0.3 is 20.9 Å². The zero-order valence-electron chi connectivity index (χ0n) is 25.7. The Labute approximate surface area is 246 Å². The minimum absolute atomic E-state index is 0.0443. The molecule has 1 aliphatic rings. The Morgan fingerprint density at radius 1 is 1.05 bits per heavy atom. The highest BCUT2D eigenvalue weighted by Crippen LogP contribution is 2.36. The van der Waals surface area contributed by atoms with E-state index in [2.05, 4.69) is 17.4 Å². The Balaban J connectivity index is 1.83. The number of nitrogens with one attached hydrogen (secondary N) is 1. The normalized spacial score (nSPS) is 16.2. The second-order valence-corrected chi connectivity index (χ2v) is 12.4. The molecule has 0 bridgehead atoms. The van der Waals surface area contributed by atoms with E-state index in [9.17, 15) is 14.4 Å². The second kappa shape index (κ2) is 13.9. The zero-order chi connectivity index (χ0) is 30.2. The molecule has 1 saturated heterocycles. The molecule has 1 fully saturated rings. The van der Waals surface area contributed by atoms with Gasteiger partial charge in [-0.2, -0.15) is 0 Å². The van der Waals surface area contributed by atoms with Crippen molar-refractivity contribution < 1.29 is 14.4 Å². The SMILES string of the molecule is CCNC(=O)C1(Cc2ccccc2)CCN(C(=O)[C@@H](Cc2ccc(C)cc2)N(C)C(=O)/C=C(\C)CC(C)(C)N)CC1. The van der Waals surface area contributed by atoms with Gasteiger partial charge in [0.05, 0.1) is 5.41 Å². The summed E-state index contributed by atoms with van der Waals surface area (Å²) in [6.45, 7) is 11.2. The fourth-order valence-electron chi connectivity index (χ4n) is 5.76. The number of carbonyl (C=O) groups is 3. The van der Waals surface area contributed by atoms with E-state index in [1.807, 2.05) is 82.0 Å². The molecule has 3 amide bonds. The number of hydrogen-bond acceptors (Lipinski definition) is 4. The lowest BCUT2D eigenvalue weighted by Crippen LogP contribution is -2.56. The number of piperidine rings is 1. The smallest absolute Gasteiger partial charge is 0.246 e. The number of likely N-dealkylation sites (N-methyl/N-ethyl adjacent to an activating group) is 1. The molecule has 2 aromatic carbocycles. The average molecular weight is 561 g/mol. The van der Waals surface area contributed by atoms with E-state index in [0.29, 0.717) is 51.7 Å². The number of hydrogen-bond donors (Lipinski definition) is 2. The van der Waals surface area contributed by atoms with Crippen LogP contribution in [0.4, 0.5) is 0 Å². The molecule has 3 N–H and O–H groups in total. The van der Waals surface area contributed by atoms with E-state index in [1.165, 1.54) is 0 Å². The van der Waals surface area contributed by atoms with Crippen LogP contribution in [0.3, 0.4) is 0 Å². The molecule has 1 atom stereocenters. The molecule has 1 aliphatic heterocycles. The number of rotatable bonds is 11. The van der Waals surface area contributed by atoms with Crippen molar-refractivity contribution in [1.29, 1.82) is 0 Å². The summed E-state index contributed by atoms with van der Waals surface area (Å²) in [5, 5.41) is 3.04. The molecule has 7 nitrogen and oxygen atoms in total. The number of benzene rings is 2. The van der Waals surface area contributed by atoms with Crippen molar-refractivity contribution in [2.24, 2.45) is 11.1 Å². The van der Waals surface area contributed by atoms with E-state index in [4.69, 9.17) is 5.73 Å². The number of nitrogens with zero attached hydrogens (tertiary/aromatic N) is 2. The van der Waals surface area contributed by atoms with Crippen LogP contribution in [0.2, 0.25) is 0 Å². The monoisotopic (exact) mass is 560 g/mol. The number of carbonyl (C=O) groups excluding carboxylic acids is 3. The number of nitrogens with two attached hydrogens (primary N) is 1. The van der Waals surface area contributed by atoms with Crippen LogP contribution < -0.4 is 11.1 Å². The Morgan fingerprint density at radius 2 is 1.66 bits per heavy atom. The first kappa shape index (κ1) is 32.1. The molecule has 0 radical (unpaired) electrons. The van der Waals surface area contributed by atoms with Crippen LogP contribution in [0.5, 0.6) is 0 Å². The molecule has 3 rings (SSSR count). The molecule has 0 aliphatic carbocycles. The maximum atomic E-state index is 14.1. The highest BCUT2D eigenvalue weighted by atomic mass is 16.2. The van der Waals surface area contributed by atoms with E-state index in [0.717, 1.165) is 22.3 Å². The number of aryl methyl sites for hydroxylation is 1. The van der Waals surface area contributed by atoms with E-state index in [-0.39, 0.29) is 17.7 Å². The summed E-state index contributed by atoms with van der Waals surface area (Å²) >= 11 is 0. The van der Waals surface area contributed by atoms with Crippen LogP contribution in [0.25, 0.3) is 0 Å². The third kappa shape index (κ3) is 9.02. The highest BCUT2D eigenvalue weighted by molar-refractivity contribution is 5.93. The third-order valence-corrected chi connectivity index (χ3v) is 7.99. The van der Waals surface area contributed by atoms with Gasteiger partial charge >= 0.3 is 0 Å². The lowest BCUT2D eigenvalue weighted by atomic mass is 9.72. The summed E-state index contributed by atoms with van der Waals surface area (Å²) in [7, 11) is 1.70. The van der Waals surface area contributed by atoms with Gasteiger partial charge in [0.15, 0.2) is 0 Å². The predicted octanol–water partition coefficient (Wildman–Crippen LogP) is 4.43. The van der Waals surface area contributed by atoms with Crippen LogP contribution in [0.15, 0.2) is 66.2 Å². The van der Waals surface area contributed by atoms with Gasteiger partial charge in [-0.3, -0.25) is 14.4 Å². The molecule has 1 heterocycles. The molecule has 7 heteroatoms. The Kier molecular flexibility index (Phi) is 10.9. The minimum atomic E-state index is -0.661. The Hall–Kier alpha value is -3.45. The Morgan fingerprint density at radius 3 is 2.22 bits per heavy atom. The van der Waals surface area contributed by atoms with Crippen molar-refractivity contribution >= 4 is 17.7 Å². The maximum Gasteiger partial charge on any atom is 0.246 e. The summed E-state index contributed by atoms with van der Waals surface area (Å²) in [5.41, 5.74) is 9.29. The van der Waals surface area contributed by atoms with E-state index < -0.39 is 17.0 Å². The van der Waals surface area contributed by atoms with Crippen molar-refractivity contribution in [2.75, 3.05) is 26.7 Å². The van der Waals surface area contributed by atoms with Gasteiger partial charge in [-0.25, -0.2) is 0 Å². The Bertz CT molecular complexity index is 1210. The van der Waals surface area contributed by atoms with Gasteiger partial charge in [0.2, 0.25) is 17.7 Å². The lowest BCUT2D eigenvalue weighted by Gasteiger charge is -2.42. The summed E-state index contributed by atoms with van der Waals surface area (Å²) in [6, 6.07) is 17.5. The van der Waals surface area contributed by atoms with Crippen molar-refractivity contribution in [3.05, 3.63) is 82.9 Å². The molecule has 0 aromatic heterocycles. The van der Waals surface area contributed by atoms with Gasteiger partial charge in [0, 0.05) is 44.7 Å². The summed E-state index contributed by atoms with van der Waals surface area (Å²) < 4.78 is 0. The topological polar surface area (TPSA) is 95.7 Å². The van der Waals surface area contributed by atoms with Crippen LogP contribution >= 0.6 is 0 Å². The summed E-state index contributed by atoms with van der Waals surface area (Å²) in [5.74, 6) is -0.256. The molecule has 0 unspecified atom stereocenters. The summed E-state index contributed by atoms with van der Waals surface area (Å²) in [6.07, 6.45) is 4.36. The van der Waals surface area contributed by atoms with Crippen molar-refractivity contribution in [3.8, 4) is 0 Å². The summed E-state index contributed by atoms with van der Waals surface area (Å²) in [4.78, 5) is 44.2. The molecule has 41 heavy (non-hydrogen) atoms. The van der Waals surface area contributed by atoms with Crippen molar-refractivity contribution in [1.82, 2.24) is 15.1 Å². The van der Waals surface area contributed by atoms with Gasteiger partial charge in [-0.15, -0.1) is 0 Å². The third-order valence-electron chi connectivity index (χ3n) is 7.99. The van der Waals surface area contributed by atoms with Crippen molar-refractivity contribution in [2.45, 2.75) is 78.3 Å². The average Bonchev–Trinajstić information content (AvgIpc) is 2.92. The second-order valence-electron chi connectivity index (χ2n) is 12.4. The first-order chi connectivity index (χ1) is 19.3. The van der Waals surface area contributed by atoms with Crippen LogP contribution in [-0.4, -0.2) is 65.8 Å². The van der Waals surface area contributed by atoms with Crippen LogP contribution in [-0.2, 0) is 27.2 Å². The quantitative estimate of drug-likeness (QED) is 0.398. The maximum absolute atomic E-state index is 14.1. The standard InChI is InChI=1S/C34H48N4O3/c1-7-36-32(41)34(24-28-11-9-8-10-12-28)17-19-38(20-18-34)31(40)29(22-27-15-13-25(2)14-16-27)37(6)30(39)21-26(3)23-33(4,5)35/h8-16,21,29H,7,17-20,22-24,35H2,1-6H3,(H,36,41)/b26-21+/t29-/m1/s1. The molecule has 0 spiro atoms. The largest absolute Gasteiger partial charge is 0.356 e. The van der Waals surface area contributed by atoms with Gasteiger partial charge in [0.1, 0.15) is 6.04 Å². The van der Waals surface area contributed by atoms with E-state index in [1.54, 1.807) is 18.0 Å². The molecule has 0 saturated carbocycles. The molecular formula is C34H48N4O3. The van der Waals surface area contributed by atoms with Crippen molar-refractivity contribution in [3.63, 3.8) is 0 Å². The van der Waals surface area contributed by atoms with Crippen LogP contribution in [0.1, 0.15) is 63.6 Å². The predicted molar refractivity (Wildman–Crippen MR) is 165 cm³/mol. The fraction of sp³-hybridized carbons (Fsp3) is 0.500. The number of likely N-dealkylation sites (tertiary alicyclic amines) is 1. The molecule has 2 aromatic rings.